The molecular weight excluding hydrogens is 248 g/mol. The predicted octanol–water partition coefficient (Wildman–Crippen LogP) is 3.33. The van der Waals surface area contributed by atoms with E-state index < -0.39 is 0 Å². The van der Waals surface area contributed by atoms with Crippen molar-refractivity contribution in [1.29, 1.82) is 0 Å². The van der Waals surface area contributed by atoms with Crippen LogP contribution < -0.4 is 11.1 Å². The van der Waals surface area contributed by atoms with Crippen LogP contribution in [0.25, 0.3) is 0 Å². The molecule has 3 nitrogen and oxygen atoms in total. The molecule has 3 heteroatoms. The predicted molar refractivity (Wildman–Crippen MR) is 82.8 cm³/mol. The largest absolute Gasteiger partial charge is 0.352 e. The van der Waals surface area contributed by atoms with Gasteiger partial charge in [0.1, 0.15) is 0 Å². The number of carbonyl (C=O) groups is 1. The summed E-state index contributed by atoms with van der Waals surface area (Å²) in [6, 6.07) is 6.23. The minimum Gasteiger partial charge on any atom is -0.352 e. The Morgan fingerprint density at radius 3 is 2.95 bits per heavy atom. The van der Waals surface area contributed by atoms with E-state index >= 15 is 0 Å². The van der Waals surface area contributed by atoms with Crippen molar-refractivity contribution in [1.82, 2.24) is 5.32 Å². The summed E-state index contributed by atoms with van der Waals surface area (Å²) in [6.07, 6.45) is 7.92. The van der Waals surface area contributed by atoms with Crippen LogP contribution in [0.1, 0.15) is 73.0 Å². The zero-order chi connectivity index (χ0) is 14.4. The fraction of sp³-hybridized carbons (Fsp3) is 0.588. The molecule has 1 aromatic carbocycles. The van der Waals surface area contributed by atoms with Crippen molar-refractivity contribution < 1.29 is 4.79 Å². The van der Waals surface area contributed by atoms with Crippen LogP contribution >= 0.6 is 0 Å². The lowest BCUT2D eigenvalue weighted by molar-refractivity contribution is 0.0956. The summed E-state index contributed by atoms with van der Waals surface area (Å²) >= 11 is 0. The molecule has 0 spiro atoms. The fourth-order valence-corrected chi connectivity index (χ4v) is 2.79. The molecule has 2 rings (SSSR count). The molecule has 1 aliphatic heterocycles. The molecular formula is C17H26N2O. The van der Waals surface area contributed by atoms with Gasteiger partial charge in [-0.1, -0.05) is 44.7 Å². The van der Waals surface area contributed by atoms with Crippen molar-refractivity contribution in [3.8, 4) is 0 Å². The van der Waals surface area contributed by atoms with Crippen molar-refractivity contribution in [3.63, 3.8) is 0 Å². The molecule has 3 N–H and O–H groups in total. The lowest BCUT2D eigenvalue weighted by Gasteiger charge is -2.14. The molecule has 0 fully saturated rings. The summed E-state index contributed by atoms with van der Waals surface area (Å²) in [5.41, 5.74) is 9.34. The number of fused-ring (bicyclic) bond motifs is 1. The van der Waals surface area contributed by atoms with Gasteiger partial charge in [0, 0.05) is 18.2 Å². The van der Waals surface area contributed by atoms with Crippen LogP contribution in [-0.4, -0.2) is 12.5 Å². The van der Waals surface area contributed by atoms with Gasteiger partial charge in [0.15, 0.2) is 0 Å². The van der Waals surface area contributed by atoms with E-state index in [0.717, 1.165) is 48.9 Å². The van der Waals surface area contributed by atoms with Gasteiger partial charge in [-0.3, -0.25) is 4.79 Å². The maximum atomic E-state index is 12.0. The average Bonchev–Trinajstić information content (AvgIpc) is 2.65. The van der Waals surface area contributed by atoms with Crippen LogP contribution in [0.15, 0.2) is 18.2 Å². The van der Waals surface area contributed by atoms with Gasteiger partial charge >= 0.3 is 0 Å². The Kier molecular flexibility index (Phi) is 5.60. The summed E-state index contributed by atoms with van der Waals surface area (Å²) in [5, 5.41) is 2.95. The maximum absolute atomic E-state index is 12.0. The van der Waals surface area contributed by atoms with E-state index in [-0.39, 0.29) is 11.9 Å². The monoisotopic (exact) mass is 274 g/mol. The molecule has 0 saturated carbocycles. The van der Waals surface area contributed by atoms with Gasteiger partial charge < -0.3 is 11.1 Å². The Balaban J connectivity index is 2.04. The van der Waals surface area contributed by atoms with E-state index in [1.54, 1.807) is 0 Å². The first-order valence-corrected chi connectivity index (χ1v) is 7.89. The van der Waals surface area contributed by atoms with Gasteiger partial charge in [-0.15, -0.1) is 0 Å². The summed E-state index contributed by atoms with van der Waals surface area (Å²) in [5.74, 6) is 0.0533. The first-order chi connectivity index (χ1) is 9.72. The molecule has 1 heterocycles. The molecule has 0 radical (unpaired) electrons. The Morgan fingerprint density at radius 1 is 1.30 bits per heavy atom. The van der Waals surface area contributed by atoms with E-state index in [1.165, 1.54) is 19.3 Å². The lowest BCUT2D eigenvalue weighted by atomic mass is 9.95. The fourth-order valence-electron chi connectivity index (χ4n) is 2.79. The number of carbonyl (C=O) groups excluding carboxylic acids is 1. The molecule has 20 heavy (non-hydrogen) atoms. The molecule has 1 unspecified atom stereocenters. The molecule has 110 valence electrons. The summed E-state index contributed by atoms with van der Waals surface area (Å²) in [6.45, 7) is 2.98. The normalized spacial score (nSPS) is 16.2. The van der Waals surface area contributed by atoms with E-state index in [2.05, 4.69) is 24.4 Å². The highest BCUT2D eigenvalue weighted by molar-refractivity contribution is 5.96. The Morgan fingerprint density at radius 2 is 2.15 bits per heavy atom. The first-order valence-electron chi connectivity index (χ1n) is 7.89. The van der Waals surface area contributed by atoms with Crippen molar-refractivity contribution >= 4 is 5.91 Å². The second-order valence-electron chi connectivity index (χ2n) is 5.73. The minimum absolute atomic E-state index is 0.0493. The van der Waals surface area contributed by atoms with Crippen LogP contribution in [0.4, 0.5) is 0 Å². The molecule has 0 saturated heterocycles. The number of nitrogens with one attached hydrogen (secondary N) is 1. The van der Waals surface area contributed by atoms with Crippen LogP contribution in [0.2, 0.25) is 0 Å². The van der Waals surface area contributed by atoms with Crippen molar-refractivity contribution in [2.45, 2.75) is 57.9 Å². The van der Waals surface area contributed by atoms with Crippen LogP contribution in [-0.2, 0) is 6.42 Å². The first kappa shape index (κ1) is 15.0. The Bertz CT molecular complexity index is 456. The van der Waals surface area contributed by atoms with E-state index in [0.29, 0.717) is 0 Å². The highest BCUT2D eigenvalue weighted by Crippen LogP contribution is 2.23. The smallest absolute Gasteiger partial charge is 0.251 e. The number of hydrogen-bond donors (Lipinski definition) is 2. The SMILES string of the molecule is CCCCCCC(N)c1ccc2c(c1)C(=O)NCCC2. The number of unbranched alkanes of at least 4 members (excludes halogenated alkanes) is 3. The zero-order valence-electron chi connectivity index (χ0n) is 12.5. The number of amides is 1. The van der Waals surface area contributed by atoms with Crippen molar-refractivity contribution in [2.24, 2.45) is 5.73 Å². The van der Waals surface area contributed by atoms with Gasteiger partial charge in [0.25, 0.3) is 5.91 Å². The Labute approximate surface area is 121 Å². The van der Waals surface area contributed by atoms with Crippen molar-refractivity contribution in [3.05, 3.63) is 34.9 Å². The second kappa shape index (κ2) is 7.44. The highest BCUT2D eigenvalue weighted by atomic mass is 16.1. The average molecular weight is 274 g/mol. The third-order valence-corrected chi connectivity index (χ3v) is 4.08. The zero-order valence-corrected chi connectivity index (χ0v) is 12.5. The van der Waals surface area contributed by atoms with Gasteiger partial charge in [0.05, 0.1) is 0 Å². The number of benzene rings is 1. The maximum Gasteiger partial charge on any atom is 0.251 e. The van der Waals surface area contributed by atoms with Crippen LogP contribution in [0.3, 0.4) is 0 Å². The number of hydrogen-bond acceptors (Lipinski definition) is 2. The summed E-state index contributed by atoms with van der Waals surface area (Å²) < 4.78 is 0. The summed E-state index contributed by atoms with van der Waals surface area (Å²) in [4.78, 5) is 12.0. The van der Waals surface area contributed by atoms with E-state index in [4.69, 9.17) is 5.73 Å². The second-order valence-corrected chi connectivity index (χ2v) is 5.73. The van der Waals surface area contributed by atoms with E-state index in [9.17, 15) is 4.79 Å². The molecule has 1 atom stereocenters. The lowest BCUT2D eigenvalue weighted by Crippen LogP contribution is -2.23. The third kappa shape index (κ3) is 3.83. The molecule has 0 aliphatic carbocycles. The van der Waals surface area contributed by atoms with Crippen LogP contribution in [0.5, 0.6) is 0 Å². The molecule has 1 aliphatic rings. The number of nitrogens with two attached hydrogens (primary N) is 1. The van der Waals surface area contributed by atoms with Gasteiger partial charge in [0.2, 0.25) is 0 Å². The molecule has 0 aromatic heterocycles. The topological polar surface area (TPSA) is 55.1 Å². The molecule has 1 aromatic rings. The standard InChI is InChI=1S/C17H26N2O/c1-2-3-4-5-8-16(18)14-10-9-13-7-6-11-19-17(20)15(13)12-14/h9-10,12,16H,2-8,11,18H2,1H3,(H,19,20). The summed E-state index contributed by atoms with van der Waals surface area (Å²) in [7, 11) is 0. The number of rotatable bonds is 6. The Hall–Kier alpha value is -1.35. The van der Waals surface area contributed by atoms with Gasteiger partial charge in [-0.25, -0.2) is 0 Å². The highest BCUT2D eigenvalue weighted by Gasteiger charge is 2.17. The molecule has 1 amide bonds. The minimum atomic E-state index is 0.0493. The number of aryl methyl sites for hydroxylation is 1. The van der Waals surface area contributed by atoms with Crippen LogP contribution in [0, 0.1) is 0 Å². The molecule has 0 bridgehead atoms. The third-order valence-electron chi connectivity index (χ3n) is 4.08. The van der Waals surface area contributed by atoms with Gasteiger partial charge in [-0.2, -0.15) is 0 Å². The van der Waals surface area contributed by atoms with Gasteiger partial charge in [-0.05, 0) is 36.5 Å². The van der Waals surface area contributed by atoms with Crippen molar-refractivity contribution in [2.75, 3.05) is 6.54 Å². The van der Waals surface area contributed by atoms with E-state index in [1.807, 2.05) is 6.07 Å². The quantitative estimate of drug-likeness (QED) is 0.782.